The zero-order valence-corrected chi connectivity index (χ0v) is 11.8. The van der Waals surface area contributed by atoms with E-state index < -0.39 is 0 Å². The molecule has 2 unspecified atom stereocenters. The van der Waals surface area contributed by atoms with Gasteiger partial charge in [0.15, 0.2) is 0 Å². The average molecular weight is 240 g/mol. The molecule has 0 aromatic carbocycles. The molecule has 3 heteroatoms. The summed E-state index contributed by atoms with van der Waals surface area (Å²) in [6.45, 7) is 9.79. The first kappa shape index (κ1) is 16.4. The molecule has 0 aromatic rings. The van der Waals surface area contributed by atoms with Crippen molar-refractivity contribution in [2.75, 3.05) is 13.2 Å². The smallest absolute Gasteiger partial charge is 0.119 e. The lowest BCUT2D eigenvalue weighted by atomic mass is 10.0. The Kier molecular flexibility index (Phi) is 10.2. The molecule has 0 spiro atoms. The van der Waals surface area contributed by atoms with Crippen molar-refractivity contribution in [1.82, 2.24) is 5.32 Å². The summed E-state index contributed by atoms with van der Waals surface area (Å²) in [6.07, 6.45) is 4.91. The van der Waals surface area contributed by atoms with E-state index in [1.54, 1.807) is 0 Å². The van der Waals surface area contributed by atoms with Gasteiger partial charge in [0.05, 0.1) is 12.7 Å². The minimum Gasteiger partial charge on any atom is -0.378 e. The van der Waals surface area contributed by atoms with Crippen LogP contribution in [0.15, 0.2) is 0 Å². The third-order valence-electron chi connectivity index (χ3n) is 2.87. The molecule has 0 saturated heterocycles. The second kappa shape index (κ2) is 10.6. The van der Waals surface area contributed by atoms with E-state index >= 15 is 0 Å². The van der Waals surface area contributed by atoms with Gasteiger partial charge in [-0.3, -0.25) is 5.32 Å². The standard InChI is InChI=1S/C14H28N2O/c1-5-7-8-13(6-2)10-17-11-14(9-15)16-12(3)4/h12-14,16H,5-8,10-11H2,1-4H3. The second-order valence-electron chi connectivity index (χ2n) is 4.96. The van der Waals surface area contributed by atoms with E-state index in [9.17, 15) is 0 Å². The summed E-state index contributed by atoms with van der Waals surface area (Å²) in [7, 11) is 0. The average Bonchev–Trinajstić information content (AvgIpc) is 2.31. The van der Waals surface area contributed by atoms with Crippen LogP contribution in [0.25, 0.3) is 0 Å². The van der Waals surface area contributed by atoms with Gasteiger partial charge in [0.2, 0.25) is 0 Å². The summed E-state index contributed by atoms with van der Waals surface area (Å²) >= 11 is 0. The molecule has 0 aliphatic rings. The zero-order valence-electron chi connectivity index (χ0n) is 11.8. The van der Waals surface area contributed by atoms with Gasteiger partial charge >= 0.3 is 0 Å². The van der Waals surface area contributed by atoms with E-state index in [0.29, 0.717) is 18.6 Å². The normalized spacial score (nSPS) is 14.6. The highest BCUT2D eigenvalue weighted by atomic mass is 16.5. The number of unbranched alkanes of at least 4 members (excludes halogenated alkanes) is 1. The van der Waals surface area contributed by atoms with Crippen molar-refractivity contribution in [3.63, 3.8) is 0 Å². The van der Waals surface area contributed by atoms with Crippen molar-refractivity contribution in [1.29, 1.82) is 5.26 Å². The van der Waals surface area contributed by atoms with Crippen LogP contribution in [0.2, 0.25) is 0 Å². The third kappa shape index (κ3) is 9.14. The fourth-order valence-corrected chi connectivity index (χ4v) is 1.78. The predicted octanol–water partition coefficient (Wildman–Crippen LogP) is 3.11. The number of nitriles is 1. The van der Waals surface area contributed by atoms with E-state index in [2.05, 4.69) is 25.2 Å². The van der Waals surface area contributed by atoms with Gasteiger partial charge in [-0.05, 0) is 26.2 Å². The van der Waals surface area contributed by atoms with Gasteiger partial charge in [0.25, 0.3) is 0 Å². The Morgan fingerprint density at radius 2 is 1.94 bits per heavy atom. The molecule has 17 heavy (non-hydrogen) atoms. The molecule has 0 radical (unpaired) electrons. The Morgan fingerprint density at radius 3 is 2.41 bits per heavy atom. The van der Waals surface area contributed by atoms with Crippen molar-refractivity contribution in [2.45, 2.75) is 65.5 Å². The first-order chi connectivity index (χ1) is 8.13. The van der Waals surface area contributed by atoms with Crippen molar-refractivity contribution in [2.24, 2.45) is 5.92 Å². The summed E-state index contributed by atoms with van der Waals surface area (Å²) in [5, 5.41) is 12.1. The lowest BCUT2D eigenvalue weighted by Crippen LogP contribution is -2.37. The number of hydrogen-bond donors (Lipinski definition) is 1. The van der Waals surface area contributed by atoms with Gasteiger partial charge in [0, 0.05) is 12.6 Å². The molecule has 0 saturated carbocycles. The fourth-order valence-electron chi connectivity index (χ4n) is 1.78. The first-order valence-electron chi connectivity index (χ1n) is 6.87. The quantitative estimate of drug-likeness (QED) is 0.638. The van der Waals surface area contributed by atoms with Crippen molar-refractivity contribution >= 4 is 0 Å². The third-order valence-corrected chi connectivity index (χ3v) is 2.87. The predicted molar refractivity (Wildman–Crippen MR) is 71.8 cm³/mol. The monoisotopic (exact) mass is 240 g/mol. The molecule has 100 valence electrons. The Bertz CT molecular complexity index is 211. The molecular formula is C14H28N2O. The van der Waals surface area contributed by atoms with E-state index in [0.717, 1.165) is 13.0 Å². The van der Waals surface area contributed by atoms with Crippen LogP contribution < -0.4 is 5.32 Å². The van der Waals surface area contributed by atoms with E-state index in [1.807, 2.05) is 13.8 Å². The van der Waals surface area contributed by atoms with Crippen molar-refractivity contribution in [3.8, 4) is 6.07 Å². The molecule has 0 heterocycles. The summed E-state index contributed by atoms with van der Waals surface area (Å²) < 4.78 is 5.65. The number of nitrogens with one attached hydrogen (secondary N) is 1. The number of hydrogen-bond acceptors (Lipinski definition) is 3. The molecular weight excluding hydrogens is 212 g/mol. The highest BCUT2D eigenvalue weighted by Crippen LogP contribution is 2.12. The van der Waals surface area contributed by atoms with Gasteiger partial charge in [-0.1, -0.05) is 33.1 Å². The molecule has 0 rings (SSSR count). The van der Waals surface area contributed by atoms with Gasteiger partial charge < -0.3 is 4.74 Å². The zero-order chi connectivity index (χ0) is 13.1. The molecule has 3 nitrogen and oxygen atoms in total. The molecule has 0 fully saturated rings. The van der Waals surface area contributed by atoms with Crippen LogP contribution in [0, 0.1) is 17.2 Å². The summed E-state index contributed by atoms with van der Waals surface area (Å²) in [6, 6.07) is 2.37. The molecule has 2 atom stereocenters. The molecule has 0 aliphatic heterocycles. The maximum Gasteiger partial charge on any atom is 0.119 e. The van der Waals surface area contributed by atoms with Gasteiger partial charge in [-0.15, -0.1) is 0 Å². The molecule has 1 N–H and O–H groups in total. The van der Waals surface area contributed by atoms with Crippen LogP contribution in [0.3, 0.4) is 0 Å². The van der Waals surface area contributed by atoms with Crippen molar-refractivity contribution in [3.05, 3.63) is 0 Å². The lowest BCUT2D eigenvalue weighted by molar-refractivity contribution is 0.0844. The summed E-state index contributed by atoms with van der Waals surface area (Å²) in [4.78, 5) is 0. The fraction of sp³-hybridized carbons (Fsp3) is 0.929. The van der Waals surface area contributed by atoms with Gasteiger partial charge in [0.1, 0.15) is 6.04 Å². The summed E-state index contributed by atoms with van der Waals surface area (Å²) in [5.74, 6) is 0.647. The number of nitrogens with zero attached hydrogens (tertiary/aromatic N) is 1. The minimum absolute atomic E-state index is 0.182. The molecule has 0 amide bonds. The Balaban J connectivity index is 3.74. The first-order valence-corrected chi connectivity index (χ1v) is 6.87. The number of rotatable bonds is 10. The van der Waals surface area contributed by atoms with Gasteiger partial charge in [-0.25, -0.2) is 0 Å². The van der Waals surface area contributed by atoms with Crippen molar-refractivity contribution < 1.29 is 4.74 Å². The highest BCUT2D eigenvalue weighted by molar-refractivity contribution is 4.90. The second-order valence-corrected chi connectivity index (χ2v) is 4.96. The van der Waals surface area contributed by atoms with Gasteiger partial charge in [-0.2, -0.15) is 5.26 Å². The summed E-state index contributed by atoms with van der Waals surface area (Å²) in [5.41, 5.74) is 0. The Morgan fingerprint density at radius 1 is 1.24 bits per heavy atom. The largest absolute Gasteiger partial charge is 0.378 e. The van der Waals surface area contributed by atoms with Crippen LogP contribution in [-0.4, -0.2) is 25.3 Å². The molecule has 0 aromatic heterocycles. The van der Waals surface area contributed by atoms with E-state index in [1.165, 1.54) is 19.3 Å². The Labute approximate surface area is 107 Å². The van der Waals surface area contributed by atoms with Crippen LogP contribution in [-0.2, 0) is 4.74 Å². The number of ether oxygens (including phenoxy) is 1. The van der Waals surface area contributed by atoms with E-state index in [-0.39, 0.29) is 6.04 Å². The molecule has 0 bridgehead atoms. The van der Waals surface area contributed by atoms with Crippen LogP contribution in [0.4, 0.5) is 0 Å². The van der Waals surface area contributed by atoms with Crippen LogP contribution in [0.5, 0.6) is 0 Å². The lowest BCUT2D eigenvalue weighted by Gasteiger charge is -2.18. The van der Waals surface area contributed by atoms with E-state index in [4.69, 9.17) is 10.00 Å². The minimum atomic E-state index is -0.182. The SMILES string of the molecule is CCCCC(CC)COCC(C#N)NC(C)C. The Hall–Kier alpha value is -0.590. The van der Waals surface area contributed by atoms with Crippen LogP contribution in [0.1, 0.15) is 53.4 Å². The maximum absolute atomic E-state index is 8.95. The van der Waals surface area contributed by atoms with Crippen LogP contribution >= 0.6 is 0 Å². The highest BCUT2D eigenvalue weighted by Gasteiger charge is 2.11. The molecule has 0 aliphatic carbocycles. The maximum atomic E-state index is 8.95. The topological polar surface area (TPSA) is 45.0 Å².